The van der Waals surface area contributed by atoms with Gasteiger partial charge in [0.05, 0.1) is 6.61 Å². The molecule has 1 nitrogen and oxygen atoms in total. The van der Waals surface area contributed by atoms with Crippen molar-refractivity contribution in [3.8, 4) is 5.75 Å². The Balaban J connectivity index is 1.93. The Hall–Kier alpha value is -0.0100. The van der Waals surface area contributed by atoms with Crippen molar-refractivity contribution in [1.29, 1.82) is 0 Å². The molecule has 0 amide bonds. The van der Waals surface area contributed by atoms with Crippen LogP contribution in [0.4, 0.5) is 0 Å². The highest BCUT2D eigenvalue weighted by atomic mass is 32.2. The summed E-state index contributed by atoms with van der Waals surface area (Å²) in [7, 11) is 0. The molecule has 0 saturated carbocycles. The summed E-state index contributed by atoms with van der Waals surface area (Å²) in [5.74, 6) is 7.02. The Morgan fingerprint density at radius 3 is 2.03 bits per heavy atom. The Morgan fingerprint density at radius 2 is 1.45 bits per heavy atom. The number of benzene rings is 2. The minimum atomic E-state index is -0.0513. The third-order valence-corrected chi connectivity index (χ3v) is 9.36. The van der Waals surface area contributed by atoms with E-state index in [0.717, 1.165) is 59.7 Å². The van der Waals surface area contributed by atoms with Crippen LogP contribution in [0.25, 0.3) is 0 Å². The van der Waals surface area contributed by atoms with Crippen LogP contribution in [0.2, 0.25) is 0 Å². The van der Waals surface area contributed by atoms with E-state index < -0.39 is 0 Å². The van der Waals surface area contributed by atoms with Crippen LogP contribution in [0.3, 0.4) is 0 Å². The molecule has 0 aliphatic rings. The van der Waals surface area contributed by atoms with E-state index in [4.69, 9.17) is 4.74 Å². The Kier molecular flexibility index (Phi) is 13.2. The minimum absolute atomic E-state index is 0.0513. The average molecular weight is 513 g/mol. The molecular weight excluding hydrogens is 477 g/mol. The number of hydrogen-bond donors (Lipinski definition) is 3. The molecule has 0 radical (unpaired) electrons. The molecule has 172 valence electrons. The summed E-state index contributed by atoms with van der Waals surface area (Å²) in [4.78, 5) is 0. The van der Waals surface area contributed by atoms with Gasteiger partial charge in [0.2, 0.25) is 0 Å². The van der Waals surface area contributed by atoms with Crippen molar-refractivity contribution < 1.29 is 4.74 Å². The molecule has 0 fully saturated rings. The molecule has 0 N–H and O–H groups in total. The van der Waals surface area contributed by atoms with E-state index >= 15 is 0 Å². The predicted molar refractivity (Wildman–Crippen MR) is 154 cm³/mol. The molecule has 31 heavy (non-hydrogen) atoms. The van der Waals surface area contributed by atoms with Crippen molar-refractivity contribution in [2.24, 2.45) is 0 Å². The van der Waals surface area contributed by atoms with E-state index in [-0.39, 0.29) is 5.41 Å². The van der Waals surface area contributed by atoms with Crippen LogP contribution in [0.15, 0.2) is 48.5 Å². The molecule has 2 rings (SSSR count). The third-order valence-electron chi connectivity index (χ3n) is 5.30. The van der Waals surface area contributed by atoms with E-state index in [1.807, 2.05) is 23.5 Å². The lowest BCUT2D eigenvalue weighted by molar-refractivity contribution is 0.318. The maximum Gasteiger partial charge on any atom is 0.119 e. The normalized spacial score (nSPS) is 12.7. The average Bonchev–Trinajstić information content (AvgIpc) is 2.79. The van der Waals surface area contributed by atoms with Crippen molar-refractivity contribution in [2.45, 2.75) is 37.4 Å². The van der Waals surface area contributed by atoms with Gasteiger partial charge in [0.25, 0.3) is 0 Å². The van der Waals surface area contributed by atoms with Gasteiger partial charge in [0, 0.05) is 27.9 Å². The van der Waals surface area contributed by atoms with E-state index in [1.165, 1.54) is 16.7 Å². The van der Waals surface area contributed by atoms with Gasteiger partial charge in [-0.05, 0) is 58.9 Å². The van der Waals surface area contributed by atoms with Crippen LogP contribution >= 0.6 is 61.4 Å². The molecule has 1 unspecified atom stereocenters. The van der Waals surface area contributed by atoms with Crippen molar-refractivity contribution in [3.63, 3.8) is 0 Å². The zero-order valence-corrected chi connectivity index (χ0v) is 22.9. The summed E-state index contributed by atoms with van der Waals surface area (Å²) in [6.45, 7) is 5.34. The predicted octanol–water partition coefficient (Wildman–Crippen LogP) is 6.95. The van der Waals surface area contributed by atoms with Gasteiger partial charge < -0.3 is 4.74 Å². The molecule has 0 heterocycles. The number of ether oxygens (including phenoxy) is 1. The molecule has 0 spiro atoms. The van der Waals surface area contributed by atoms with E-state index in [9.17, 15) is 0 Å². The summed E-state index contributed by atoms with van der Waals surface area (Å²) in [5, 5.41) is 0.545. The smallest absolute Gasteiger partial charge is 0.119 e. The first-order valence-corrected chi connectivity index (χ1v) is 15.0. The Morgan fingerprint density at radius 1 is 0.839 bits per heavy atom. The summed E-state index contributed by atoms with van der Waals surface area (Å²) in [6, 6.07) is 17.7. The molecule has 0 aromatic heterocycles. The molecule has 0 aliphatic carbocycles. The number of hydrogen-bond acceptors (Lipinski definition) is 6. The van der Waals surface area contributed by atoms with Crippen molar-refractivity contribution in [1.82, 2.24) is 0 Å². The highest BCUT2D eigenvalue weighted by Crippen LogP contribution is 2.33. The summed E-state index contributed by atoms with van der Waals surface area (Å²) >= 11 is 17.0. The first kappa shape index (κ1) is 27.2. The van der Waals surface area contributed by atoms with Gasteiger partial charge in [-0.25, -0.2) is 0 Å². The maximum atomic E-state index is 5.91. The fraction of sp³-hybridized carbons (Fsp3) is 0.520. The van der Waals surface area contributed by atoms with Crippen LogP contribution in [0, 0.1) is 0 Å². The first-order valence-electron chi connectivity index (χ1n) is 10.9. The summed E-state index contributed by atoms with van der Waals surface area (Å²) in [5.41, 5.74) is 3.96. The monoisotopic (exact) mass is 512 g/mol. The van der Waals surface area contributed by atoms with Gasteiger partial charge in [-0.15, -0.1) is 0 Å². The van der Waals surface area contributed by atoms with Crippen molar-refractivity contribution in [3.05, 3.63) is 65.2 Å². The number of thioether (sulfide) groups is 2. The molecule has 2 aromatic carbocycles. The molecule has 0 aliphatic heterocycles. The second-order valence-electron chi connectivity index (χ2n) is 7.99. The van der Waals surface area contributed by atoms with Crippen LogP contribution in [0.1, 0.15) is 37.0 Å². The topological polar surface area (TPSA) is 9.23 Å². The maximum absolute atomic E-state index is 5.91. The first-order chi connectivity index (χ1) is 15.0. The number of rotatable bonds is 15. The van der Waals surface area contributed by atoms with Gasteiger partial charge >= 0.3 is 0 Å². The van der Waals surface area contributed by atoms with Crippen LogP contribution < -0.4 is 4.74 Å². The molecular formula is C25H36OS5. The molecule has 6 heteroatoms. The van der Waals surface area contributed by atoms with Crippen LogP contribution in [-0.2, 0) is 11.8 Å². The van der Waals surface area contributed by atoms with Crippen molar-refractivity contribution in [2.75, 3.05) is 41.1 Å². The van der Waals surface area contributed by atoms with E-state index in [1.54, 1.807) is 0 Å². The molecule has 0 saturated heterocycles. The van der Waals surface area contributed by atoms with Crippen LogP contribution in [0.5, 0.6) is 5.75 Å². The molecule has 1 atom stereocenters. The second-order valence-corrected chi connectivity index (χ2v) is 11.9. The van der Waals surface area contributed by atoms with Gasteiger partial charge in [0.15, 0.2) is 0 Å². The third kappa shape index (κ3) is 9.40. The lowest BCUT2D eigenvalue weighted by Gasteiger charge is -2.27. The van der Waals surface area contributed by atoms with Crippen LogP contribution in [-0.4, -0.2) is 46.4 Å². The van der Waals surface area contributed by atoms with Crippen molar-refractivity contribution >= 4 is 61.4 Å². The quantitative estimate of drug-likeness (QED) is 0.176. The highest BCUT2D eigenvalue weighted by Gasteiger charge is 2.23. The molecule has 0 bridgehead atoms. The molecule has 2 aromatic rings. The fourth-order valence-electron chi connectivity index (χ4n) is 3.37. The minimum Gasteiger partial charge on any atom is -0.494 e. The SMILES string of the molecule is CC(C)(c1ccc(CC(CS)SCCS)cc1)c1ccc(OCCCSCCS)cc1. The second kappa shape index (κ2) is 15.0. The van der Waals surface area contributed by atoms with E-state index in [0.29, 0.717) is 5.25 Å². The zero-order chi connectivity index (χ0) is 22.5. The summed E-state index contributed by atoms with van der Waals surface area (Å²) in [6.07, 6.45) is 2.13. The summed E-state index contributed by atoms with van der Waals surface area (Å²) < 4.78 is 5.91. The zero-order valence-electron chi connectivity index (χ0n) is 18.6. The van der Waals surface area contributed by atoms with Gasteiger partial charge in [-0.1, -0.05) is 50.2 Å². The van der Waals surface area contributed by atoms with E-state index in [2.05, 4.69) is 100 Å². The largest absolute Gasteiger partial charge is 0.494 e. The lowest BCUT2D eigenvalue weighted by Crippen LogP contribution is -2.19. The number of thiol groups is 3. The van der Waals surface area contributed by atoms with Gasteiger partial charge in [-0.2, -0.15) is 61.4 Å². The standard InChI is InChI=1S/C25H36OS5/c1-25(2,21-6-4-20(5-7-21)18-24(19-29)31-17-14-28)22-8-10-23(11-9-22)26-12-3-15-30-16-13-27/h4-11,24,27-29H,3,12-19H2,1-2H3. The highest BCUT2D eigenvalue weighted by molar-refractivity contribution is 8.01. The Bertz CT molecular complexity index is 731. The Labute approximate surface area is 214 Å². The lowest BCUT2D eigenvalue weighted by atomic mass is 9.78. The fourth-order valence-corrected chi connectivity index (χ4v) is 6.03. The van der Waals surface area contributed by atoms with Gasteiger partial charge in [0.1, 0.15) is 5.75 Å². The van der Waals surface area contributed by atoms with Gasteiger partial charge in [-0.3, -0.25) is 0 Å².